The summed E-state index contributed by atoms with van der Waals surface area (Å²) in [5.41, 5.74) is 0.734. The molecule has 1 aromatic rings. The first kappa shape index (κ1) is 12.5. The van der Waals surface area contributed by atoms with Gasteiger partial charge in [0.15, 0.2) is 9.84 Å². The smallest absolute Gasteiger partial charge is 0.154 e. The number of hydrogen-bond acceptors (Lipinski definition) is 3. The van der Waals surface area contributed by atoms with Crippen LogP contribution in [0.1, 0.15) is 17.7 Å². The second-order valence-corrected chi connectivity index (χ2v) is 6.59. The maximum atomic E-state index is 11.4. The molecule has 15 heavy (non-hydrogen) atoms. The van der Waals surface area contributed by atoms with E-state index in [1.165, 1.54) is 6.26 Å². The van der Waals surface area contributed by atoms with E-state index in [1.54, 1.807) is 32.2 Å². The van der Waals surface area contributed by atoms with Crippen molar-refractivity contribution in [3.05, 3.63) is 28.2 Å². The third-order valence-corrected chi connectivity index (χ3v) is 4.50. The average molecular weight is 293 g/mol. The molecule has 1 rings (SSSR count). The van der Waals surface area contributed by atoms with Crippen molar-refractivity contribution in [1.29, 1.82) is 0 Å². The predicted octanol–water partition coefficient (Wildman–Crippen LogP) is 2.56. The molecule has 0 fully saturated rings. The highest BCUT2D eigenvalue weighted by molar-refractivity contribution is 9.10. The fraction of sp³-hybridized carbons (Fsp3) is 0.400. The minimum Gasteiger partial charge on any atom is -0.496 e. The van der Waals surface area contributed by atoms with Crippen molar-refractivity contribution in [3.63, 3.8) is 0 Å². The molecule has 0 N–H and O–H groups in total. The van der Waals surface area contributed by atoms with Gasteiger partial charge >= 0.3 is 0 Å². The van der Waals surface area contributed by atoms with Gasteiger partial charge in [-0.25, -0.2) is 8.42 Å². The summed E-state index contributed by atoms with van der Waals surface area (Å²) in [6.07, 6.45) is 1.23. The van der Waals surface area contributed by atoms with Gasteiger partial charge in [-0.3, -0.25) is 0 Å². The molecule has 0 spiro atoms. The normalized spacial score (nSPS) is 13.6. The van der Waals surface area contributed by atoms with E-state index < -0.39 is 15.1 Å². The summed E-state index contributed by atoms with van der Waals surface area (Å²) in [6.45, 7) is 1.66. The van der Waals surface area contributed by atoms with Crippen LogP contribution in [0, 0.1) is 0 Å². The van der Waals surface area contributed by atoms with Gasteiger partial charge in [0.1, 0.15) is 5.75 Å². The van der Waals surface area contributed by atoms with Crippen molar-refractivity contribution < 1.29 is 13.2 Å². The number of benzene rings is 1. The van der Waals surface area contributed by atoms with Crippen LogP contribution >= 0.6 is 15.9 Å². The highest BCUT2D eigenvalue weighted by atomic mass is 79.9. The van der Waals surface area contributed by atoms with Crippen LogP contribution < -0.4 is 4.74 Å². The lowest BCUT2D eigenvalue weighted by atomic mass is 10.1. The standard InChI is InChI=1S/C10H13BrO3S/c1-7(15(3,12)13)8-4-5-9(11)10(6-8)14-2/h4-7H,1-3H3. The Balaban J connectivity index is 3.17. The SMILES string of the molecule is COc1cc(C(C)S(C)(=O)=O)ccc1Br. The zero-order valence-corrected chi connectivity index (χ0v) is 11.2. The van der Waals surface area contributed by atoms with Crippen molar-refractivity contribution in [1.82, 2.24) is 0 Å². The predicted molar refractivity (Wildman–Crippen MR) is 64.0 cm³/mol. The maximum absolute atomic E-state index is 11.4. The average Bonchev–Trinajstić information content (AvgIpc) is 2.16. The first-order valence-electron chi connectivity index (χ1n) is 4.38. The number of rotatable bonds is 3. The highest BCUT2D eigenvalue weighted by Crippen LogP contribution is 2.30. The molecule has 5 heteroatoms. The van der Waals surface area contributed by atoms with Crippen molar-refractivity contribution in [2.24, 2.45) is 0 Å². The fourth-order valence-electron chi connectivity index (χ4n) is 1.18. The Morgan fingerprint density at radius 1 is 1.40 bits per heavy atom. The summed E-state index contributed by atoms with van der Waals surface area (Å²) in [7, 11) is -1.51. The van der Waals surface area contributed by atoms with E-state index >= 15 is 0 Å². The van der Waals surface area contributed by atoms with Gasteiger partial charge in [-0.05, 0) is 40.5 Å². The molecule has 84 valence electrons. The molecule has 0 heterocycles. The second kappa shape index (κ2) is 4.53. The van der Waals surface area contributed by atoms with Crippen molar-refractivity contribution in [3.8, 4) is 5.75 Å². The van der Waals surface area contributed by atoms with Crippen LogP contribution in [-0.4, -0.2) is 21.8 Å². The zero-order chi connectivity index (χ0) is 11.6. The van der Waals surface area contributed by atoms with Gasteiger partial charge in [-0.1, -0.05) is 6.07 Å². The lowest BCUT2D eigenvalue weighted by molar-refractivity contribution is 0.411. The first-order chi connectivity index (χ1) is 6.86. The van der Waals surface area contributed by atoms with Crippen LogP contribution in [0.2, 0.25) is 0 Å². The maximum Gasteiger partial charge on any atom is 0.154 e. The Bertz CT molecular complexity index is 454. The minimum absolute atomic E-state index is 0.514. The summed E-state index contributed by atoms with van der Waals surface area (Å²) >= 11 is 3.32. The first-order valence-corrected chi connectivity index (χ1v) is 7.13. The second-order valence-electron chi connectivity index (χ2n) is 3.37. The Morgan fingerprint density at radius 3 is 2.47 bits per heavy atom. The lowest BCUT2D eigenvalue weighted by Crippen LogP contribution is -2.07. The molecule has 0 radical (unpaired) electrons. The molecule has 0 aliphatic carbocycles. The van der Waals surface area contributed by atoms with Crippen molar-refractivity contribution in [2.45, 2.75) is 12.2 Å². The Hall–Kier alpha value is -0.550. The van der Waals surface area contributed by atoms with E-state index in [0.717, 1.165) is 10.0 Å². The number of halogens is 1. The molecule has 0 amide bonds. The van der Waals surface area contributed by atoms with Gasteiger partial charge in [0.05, 0.1) is 16.8 Å². The van der Waals surface area contributed by atoms with Crippen LogP contribution in [-0.2, 0) is 9.84 Å². The molecule has 0 bridgehead atoms. The number of sulfone groups is 1. The molecule has 1 unspecified atom stereocenters. The molecule has 0 aromatic heterocycles. The van der Waals surface area contributed by atoms with E-state index in [-0.39, 0.29) is 0 Å². The summed E-state index contributed by atoms with van der Waals surface area (Å²) in [6, 6.07) is 5.30. The molecule has 0 saturated heterocycles. The highest BCUT2D eigenvalue weighted by Gasteiger charge is 2.18. The van der Waals surface area contributed by atoms with Crippen LogP contribution in [0.25, 0.3) is 0 Å². The Labute approximate surface area is 98.5 Å². The molecule has 0 saturated carbocycles. The molecule has 3 nitrogen and oxygen atoms in total. The van der Waals surface area contributed by atoms with E-state index in [2.05, 4.69) is 15.9 Å². The lowest BCUT2D eigenvalue weighted by Gasteiger charge is -2.11. The minimum atomic E-state index is -3.06. The summed E-state index contributed by atoms with van der Waals surface area (Å²) in [5.74, 6) is 0.642. The molecule has 0 aliphatic rings. The van der Waals surface area contributed by atoms with Crippen LogP contribution in [0.15, 0.2) is 22.7 Å². The zero-order valence-electron chi connectivity index (χ0n) is 8.82. The Kier molecular flexibility index (Phi) is 3.78. The molecule has 1 atom stereocenters. The topological polar surface area (TPSA) is 43.4 Å². The van der Waals surface area contributed by atoms with E-state index in [0.29, 0.717) is 5.75 Å². The Morgan fingerprint density at radius 2 is 2.00 bits per heavy atom. The van der Waals surface area contributed by atoms with Gasteiger partial charge in [0, 0.05) is 6.26 Å². The number of methoxy groups -OCH3 is 1. The summed E-state index contributed by atoms with van der Waals surface area (Å²) in [4.78, 5) is 0. The van der Waals surface area contributed by atoms with E-state index in [1.807, 2.05) is 0 Å². The quantitative estimate of drug-likeness (QED) is 0.860. The van der Waals surface area contributed by atoms with Gasteiger partial charge < -0.3 is 4.74 Å². The van der Waals surface area contributed by atoms with Crippen molar-refractivity contribution in [2.75, 3.05) is 13.4 Å². The van der Waals surface area contributed by atoms with Crippen LogP contribution in [0.4, 0.5) is 0 Å². The monoisotopic (exact) mass is 292 g/mol. The molecular weight excluding hydrogens is 280 g/mol. The fourth-order valence-corrected chi connectivity index (χ4v) is 2.23. The number of hydrogen-bond donors (Lipinski definition) is 0. The third kappa shape index (κ3) is 2.95. The van der Waals surface area contributed by atoms with Crippen molar-refractivity contribution >= 4 is 25.8 Å². The summed E-state index contributed by atoms with van der Waals surface area (Å²) < 4.78 is 28.6. The van der Waals surface area contributed by atoms with E-state index in [9.17, 15) is 8.42 Å². The molecule has 1 aromatic carbocycles. The van der Waals surface area contributed by atoms with E-state index in [4.69, 9.17) is 4.74 Å². The van der Waals surface area contributed by atoms with Crippen LogP contribution in [0.3, 0.4) is 0 Å². The van der Waals surface area contributed by atoms with Gasteiger partial charge in [-0.2, -0.15) is 0 Å². The molecule has 0 aliphatic heterocycles. The van der Waals surface area contributed by atoms with Crippen LogP contribution in [0.5, 0.6) is 5.75 Å². The molecular formula is C10H13BrO3S. The third-order valence-electron chi connectivity index (χ3n) is 2.29. The van der Waals surface area contributed by atoms with Gasteiger partial charge in [0.2, 0.25) is 0 Å². The van der Waals surface area contributed by atoms with Gasteiger partial charge in [0.25, 0.3) is 0 Å². The van der Waals surface area contributed by atoms with Gasteiger partial charge in [-0.15, -0.1) is 0 Å². The summed E-state index contributed by atoms with van der Waals surface area (Å²) in [5, 5.41) is -0.514. The number of ether oxygens (including phenoxy) is 1. The largest absolute Gasteiger partial charge is 0.496 e.